The van der Waals surface area contributed by atoms with Gasteiger partial charge >= 0.3 is 0 Å². The highest BCUT2D eigenvalue weighted by Gasteiger charge is 2.50. The van der Waals surface area contributed by atoms with Gasteiger partial charge < -0.3 is 28.8 Å². The lowest BCUT2D eigenvalue weighted by Crippen LogP contribution is -2.48. The Kier molecular flexibility index (Phi) is 7.17. The molecule has 9 nitrogen and oxygen atoms in total. The first kappa shape index (κ1) is 21.9. The van der Waals surface area contributed by atoms with Gasteiger partial charge in [0.15, 0.2) is 24.6 Å². The molecule has 0 saturated carbocycles. The molecular weight excluding hydrogens is 394 g/mol. The first-order valence-electron chi connectivity index (χ1n) is 10.9. The molecule has 1 N–H and O–H groups in total. The SMILES string of the molecule is CC1=CN([C@@H]2O[C@H](COC3CCCCO3)[C@@H](OC3CCCCO3)[C@@H]2O)C(=O)CC1=O. The fourth-order valence-corrected chi connectivity index (χ4v) is 4.23. The van der Waals surface area contributed by atoms with Gasteiger partial charge in [-0.2, -0.15) is 0 Å². The Bertz CT molecular complexity index is 655. The summed E-state index contributed by atoms with van der Waals surface area (Å²) in [5, 5.41) is 11.0. The van der Waals surface area contributed by atoms with Crippen LogP contribution >= 0.6 is 0 Å². The van der Waals surface area contributed by atoms with Crippen molar-refractivity contribution < 1.29 is 38.4 Å². The van der Waals surface area contributed by atoms with Crippen LogP contribution in [0.15, 0.2) is 11.8 Å². The average Bonchev–Trinajstić information content (AvgIpc) is 3.06. The van der Waals surface area contributed by atoms with E-state index in [1.807, 2.05) is 0 Å². The normalized spacial score (nSPS) is 38.1. The molecule has 4 aliphatic rings. The topological polar surface area (TPSA) is 104 Å². The lowest BCUT2D eigenvalue weighted by Gasteiger charge is -2.31. The van der Waals surface area contributed by atoms with Crippen LogP contribution in [0.4, 0.5) is 0 Å². The summed E-state index contributed by atoms with van der Waals surface area (Å²) in [5.41, 5.74) is 0.453. The Labute approximate surface area is 176 Å². The van der Waals surface area contributed by atoms with Gasteiger partial charge in [-0.05, 0) is 45.4 Å². The molecule has 0 spiro atoms. The number of ether oxygens (including phenoxy) is 5. The zero-order valence-corrected chi connectivity index (χ0v) is 17.4. The summed E-state index contributed by atoms with van der Waals surface area (Å²) in [5.74, 6) is -0.624. The lowest BCUT2D eigenvalue weighted by atomic mass is 10.0. The number of hydrogen-bond acceptors (Lipinski definition) is 8. The van der Waals surface area contributed by atoms with Crippen LogP contribution in [0.2, 0.25) is 0 Å². The molecule has 2 unspecified atom stereocenters. The first-order chi connectivity index (χ1) is 14.5. The third-order valence-electron chi connectivity index (χ3n) is 5.99. The number of nitrogens with zero attached hydrogens (tertiary/aromatic N) is 1. The van der Waals surface area contributed by atoms with Crippen LogP contribution in [-0.2, 0) is 33.3 Å². The van der Waals surface area contributed by atoms with E-state index in [9.17, 15) is 14.7 Å². The molecule has 9 heteroatoms. The number of allylic oxidation sites excluding steroid dienone is 1. The van der Waals surface area contributed by atoms with Gasteiger partial charge in [-0.15, -0.1) is 0 Å². The van der Waals surface area contributed by atoms with Gasteiger partial charge in [0.2, 0.25) is 5.91 Å². The molecule has 0 aliphatic carbocycles. The molecule has 0 aromatic carbocycles. The van der Waals surface area contributed by atoms with Gasteiger partial charge in [-0.3, -0.25) is 14.5 Å². The van der Waals surface area contributed by atoms with Crippen molar-refractivity contribution in [2.24, 2.45) is 0 Å². The van der Waals surface area contributed by atoms with Crippen LogP contribution in [0.3, 0.4) is 0 Å². The van der Waals surface area contributed by atoms with Crippen molar-refractivity contribution in [1.29, 1.82) is 0 Å². The lowest BCUT2D eigenvalue weighted by molar-refractivity contribution is -0.223. The summed E-state index contributed by atoms with van der Waals surface area (Å²) < 4.78 is 29.3. The van der Waals surface area contributed by atoms with Gasteiger partial charge in [0, 0.05) is 25.0 Å². The Balaban J connectivity index is 1.46. The van der Waals surface area contributed by atoms with Crippen molar-refractivity contribution in [2.75, 3.05) is 19.8 Å². The highest BCUT2D eigenvalue weighted by atomic mass is 16.7. The standard InChI is InChI=1S/C21H31NO8/c1-13-11-22(16(24)10-14(13)23)21-19(25)20(30-18-7-3-5-9-27-18)15(29-21)12-28-17-6-2-4-8-26-17/h11,15,17-21,25H,2-10,12H2,1H3/t15-,17?,18?,19+,20-,21-/m1/s1. The zero-order valence-electron chi connectivity index (χ0n) is 17.4. The molecular formula is C21H31NO8. The van der Waals surface area contributed by atoms with Crippen LogP contribution in [0, 0.1) is 0 Å². The minimum absolute atomic E-state index is 0.166. The van der Waals surface area contributed by atoms with E-state index in [1.54, 1.807) is 6.92 Å². The van der Waals surface area contributed by atoms with Crippen LogP contribution in [0.25, 0.3) is 0 Å². The molecule has 0 radical (unpaired) electrons. The minimum atomic E-state index is -1.10. The third-order valence-corrected chi connectivity index (χ3v) is 5.99. The zero-order chi connectivity index (χ0) is 21.1. The van der Waals surface area contributed by atoms with Crippen molar-refractivity contribution >= 4 is 11.7 Å². The smallest absolute Gasteiger partial charge is 0.236 e. The summed E-state index contributed by atoms with van der Waals surface area (Å²) in [7, 11) is 0. The molecule has 6 atom stereocenters. The second-order valence-corrected chi connectivity index (χ2v) is 8.30. The van der Waals surface area contributed by atoms with E-state index in [-0.39, 0.29) is 25.1 Å². The Morgan fingerprint density at radius 2 is 1.80 bits per heavy atom. The van der Waals surface area contributed by atoms with E-state index < -0.39 is 36.7 Å². The Morgan fingerprint density at radius 3 is 2.47 bits per heavy atom. The van der Waals surface area contributed by atoms with E-state index in [4.69, 9.17) is 23.7 Å². The maximum absolute atomic E-state index is 12.4. The number of Topliss-reactive ketones (excluding diaryl/α,β-unsaturated/α-hetero) is 1. The van der Waals surface area contributed by atoms with Gasteiger partial charge in [0.05, 0.1) is 13.0 Å². The molecule has 4 aliphatic heterocycles. The van der Waals surface area contributed by atoms with Crippen LogP contribution in [0.5, 0.6) is 0 Å². The number of rotatable bonds is 6. The number of carbonyl (C=O) groups is 2. The Morgan fingerprint density at radius 1 is 1.10 bits per heavy atom. The quantitative estimate of drug-likeness (QED) is 0.634. The van der Waals surface area contributed by atoms with Gasteiger partial charge in [0.1, 0.15) is 18.3 Å². The third kappa shape index (κ3) is 4.92. The molecule has 4 rings (SSSR count). The second-order valence-electron chi connectivity index (χ2n) is 8.30. The van der Waals surface area contributed by atoms with Gasteiger partial charge in [-0.25, -0.2) is 0 Å². The van der Waals surface area contributed by atoms with E-state index in [1.165, 1.54) is 11.1 Å². The molecule has 1 amide bonds. The highest BCUT2D eigenvalue weighted by molar-refractivity contribution is 6.09. The van der Waals surface area contributed by atoms with Crippen LogP contribution in [0.1, 0.15) is 51.9 Å². The number of aliphatic hydroxyl groups is 1. The Hall–Kier alpha value is -1.36. The fraction of sp³-hybridized carbons (Fsp3) is 0.810. The average molecular weight is 425 g/mol. The minimum Gasteiger partial charge on any atom is -0.386 e. The molecule has 4 heterocycles. The largest absolute Gasteiger partial charge is 0.386 e. The van der Waals surface area contributed by atoms with Gasteiger partial charge in [-0.1, -0.05) is 0 Å². The van der Waals surface area contributed by atoms with E-state index in [0.29, 0.717) is 18.8 Å². The van der Waals surface area contributed by atoms with Crippen molar-refractivity contribution in [1.82, 2.24) is 4.90 Å². The summed E-state index contributed by atoms with van der Waals surface area (Å²) >= 11 is 0. The summed E-state index contributed by atoms with van der Waals surface area (Å²) in [4.78, 5) is 25.6. The molecule has 168 valence electrons. The summed E-state index contributed by atoms with van der Waals surface area (Å²) in [6.45, 7) is 3.09. The molecule has 30 heavy (non-hydrogen) atoms. The maximum atomic E-state index is 12.4. The molecule has 0 aromatic rings. The summed E-state index contributed by atoms with van der Waals surface area (Å²) in [6.07, 6.45) is 2.70. The number of hydrogen-bond donors (Lipinski definition) is 1. The second kappa shape index (κ2) is 9.84. The molecule has 0 aromatic heterocycles. The molecule has 3 saturated heterocycles. The van der Waals surface area contributed by atoms with Crippen LogP contribution in [-0.4, -0.2) is 78.6 Å². The van der Waals surface area contributed by atoms with E-state index in [2.05, 4.69) is 0 Å². The van der Waals surface area contributed by atoms with Crippen molar-refractivity contribution in [3.63, 3.8) is 0 Å². The van der Waals surface area contributed by atoms with E-state index in [0.717, 1.165) is 38.5 Å². The number of ketones is 1. The first-order valence-corrected chi connectivity index (χ1v) is 10.9. The monoisotopic (exact) mass is 425 g/mol. The number of carbonyl (C=O) groups excluding carboxylic acids is 2. The fourth-order valence-electron chi connectivity index (χ4n) is 4.23. The van der Waals surface area contributed by atoms with E-state index >= 15 is 0 Å². The number of aliphatic hydroxyl groups excluding tert-OH is 1. The van der Waals surface area contributed by atoms with Crippen molar-refractivity contribution in [2.45, 2.75) is 89.0 Å². The van der Waals surface area contributed by atoms with Crippen molar-refractivity contribution in [3.8, 4) is 0 Å². The maximum Gasteiger partial charge on any atom is 0.236 e. The summed E-state index contributed by atoms with van der Waals surface area (Å²) in [6, 6.07) is 0. The predicted molar refractivity (Wildman–Crippen MR) is 103 cm³/mol. The number of amides is 1. The predicted octanol–water partition coefficient (Wildman–Crippen LogP) is 1.23. The van der Waals surface area contributed by atoms with Gasteiger partial charge in [0.25, 0.3) is 0 Å². The van der Waals surface area contributed by atoms with Crippen LogP contribution < -0.4 is 0 Å². The molecule has 3 fully saturated rings. The molecule has 0 bridgehead atoms. The van der Waals surface area contributed by atoms with Crippen molar-refractivity contribution in [3.05, 3.63) is 11.8 Å². The highest BCUT2D eigenvalue weighted by Crippen LogP contribution is 2.32.